The number of nitrogens with one attached hydrogen (secondary N) is 2. The number of piperazine rings is 1. The zero-order valence-electron chi connectivity index (χ0n) is 12.8. The summed E-state index contributed by atoms with van der Waals surface area (Å²) in [6.45, 7) is 10.2. The molecular weight excluding hydrogens is 250 g/mol. The van der Waals surface area contributed by atoms with Gasteiger partial charge in [0.2, 0.25) is 5.96 Å². The van der Waals surface area contributed by atoms with E-state index in [0.717, 1.165) is 18.8 Å². The highest BCUT2D eigenvalue weighted by molar-refractivity contribution is 5.79. The van der Waals surface area contributed by atoms with Crippen LogP contribution >= 0.6 is 0 Å². The van der Waals surface area contributed by atoms with Crippen molar-refractivity contribution in [1.82, 2.24) is 10.2 Å². The standard InChI is InChI=1S/C15H25N5/c1-10-6-5-7-11(2)14(10)18-19-15(16)20-8-12(3)17-13(4)9-20/h5-7,12-13,17-18H,8-9H2,1-4H3,(H2,16,19). The number of nitrogens with two attached hydrogens (primary N) is 1. The zero-order valence-corrected chi connectivity index (χ0v) is 12.8. The molecule has 1 fully saturated rings. The molecular formula is C15H25N5. The fraction of sp³-hybridized carbons (Fsp3) is 0.533. The molecule has 1 aliphatic rings. The molecule has 110 valence electrons. The van der Waals surface area contributed by atoms with E-state index in [9.17, 15) is 0 Å². The fourth-order valence-electron chi connectivity index (χ4n) is 2.69. The van der Waals surface area contributed by atoms with E-state index in [4.69, 9.17) is 5.73 Å². The van der Waals surface area contributed by atoms with Gasteiger partial charge in [-0.25, -0.2) is 0 Å². The van der Waals surface area contributed by atoms with E-state index in [0.29, 0.717) is 18.0 Å². The average molecular weight is 275 g/mol. The van der Waals surface area contributed by atoms with E-state index in [1.165, 1.54) is 11.1 Å². The summed E-state index contributed by atoms with van der Waals surface area (Å²) < 4.78 is 0. The first-order valence-corrected chi connectivity index (χ1v) is 7.13. The molecule has 0 radical (unpaired) electrons. The van der Waals surface area contributed by atoms with Crippen LogP contribution < -0.4 is 16.5 Å². The van der Waals surface area contributed by atoms with Crippen molar-refractivity contribution < 1.29 is 0 Å². The smallest absolute Gasteiger partial charge is 0.214 e. The van der Waals surface area contributed by atoms with Gasteiger partial charge in [-0.2, -0.15) is 0 Å². The largest absolute Gasteiger partial charge is 0.368 e. The summed E-state index contributed by atoms with van der Waals surface area (Å²) in [5.41, 5.74) is 12.6. The number of hydrogen-bond donors (Lipinski definition) is 3. The Morgan fingerprint density at radius 2 is 1.80 bits per heavy atom. The molecule has 0 aliphatic carbocycles. The summed E-state index contributed by atoms with van der Waals surface area (Å²) in [5.74, 6) is 0.549. The highest BCUT2D eigenvalue weighted by Crippen LogP contribution is 2.19. The van der Waals surface area contributed by atoms with Crippen LogP contribution in [0.5, 0.6) is 0 Å². The van der Waals surface area contributed by atoms with Crippen LogP contribution in [-0.2, 0) is 0 Å². The topological polar surface area (TPSA) is 65.7 Å². The lowest BCUT2D eigenvalue weighted by Crippen LogP contribution is -2.57. The molecule has 5 heteroatoms. The Morgan fingerprint density at radius 1 is 1.25 bits per heavy atom. The first kappa shape index (κ1) is 14.7. The van der Waals surface area contributed by atoms with Crippen LogP contribution in [0.3, 0.4) is 0 Å². The minimum atomic E-state index is 0.424. The number of hydrazone groups is 1. The van der Waals surface area contributed by atoms with Crippen molar-refractivity contribution in [2.24, 2.45) is 10.8 Å². The number of hydrogen-bond acceptors (Lipinski definition) is 3. The van der Waals surface area contributed by atoms with Crippen molar-refractivity contribution in [3.63, 3.8) is 0 Å². The summed E-state index contributed by atoms with van der Waals surface area (Å²) in [4.78, 5) is 2.12. The molecule has 0 spiro atoms. The number of guanidine groups is 1. The summed E-state index contributed by atoms with van der Waals surface area (Å²) in [6, 6.07) is 7.02. The predicted molar refractivity (Wildman–Crippen MR) is 84.8 cm³/mol. The summed E-state index contributed by atoms with van der Waals surface area (Å²) in [7, 11) is 0. The van der Waals surface area contributed by atoms with E-state index >= 15 is 0 Å². The van der Waals surface area contributed by atoms with E-state index in [2.05, 4.69) is 60.6 Å². The van der Waals surface area contributed by atoms with Crippen LogP contribution in [0.15, 0.2) is 23.3 Å². The van der Waals surface area contributed by atoms with Gasteiger partial charge in [-0.15, -0.1) is 5.10 Å². The Morgan fingerprint density at radius 3 is 2.35 bits per heavy atom. The molecule has 1 aromatic rings. The number of aryl methyl sites for hydroxylation is 2. The Labute approximate surface area is 121 Å². The summed E-state index contributed by atoms with van der Waals surface area (Å²) in [5, 5.41) is 7.83. The minimum Gasteiger partial charge on any atom is -0.368 e. The lowest BCUT2D eigenvalue weighted by molar-refractivity contribution is 0.252. The Hall–Kier alpha value is -1.75. The van der Waals surface area contributed by atoms with E-state index in [-0.39, 0.29) is 0 Å². The van der Waals surface area contributed by atoms with Gasteiger partial charge in [-0.05, 0) is 38.8 Å². The Bertz CT molecular complexity index is 467. The number of rotatable bonds is 2. The number of para-hydroxylation sites is 1. The summed E-state index contributed by atoms with van der Waals surface area (Å²) >= 11 is 0. The van der Waals surface area contributed by atoms with Gasteiger partial charge in [-0.3, -0.25) is 5.43 Å². The zero-order chi connectivity index (χ0) is 14.7. The molecule has 2 atom stereocenters. The van der Waals surface area contributed by atoms with Crippen molar-refractivity contribution >= 4 is 11.6 Å². The number of benzene rings is 1. The van der Waals surface area contributed by atoms with Gasteiger partial charge >= 0.3 is 0 Å². The van der Waals surface area contributed by atoms with E-state index in [1.807, 2.05) is 6.07 Å². The lowest BCUT2D eigenvalue weighted by Gasteiger charge is -2.36. The van der Waals surface area contributed by atoms with Gasteiger partial charge in [0.1, 0.15) is 0 Å². The van der Waals surface area contributed by atoms with Crippen molar-refractivity contribution in [2.45, 2.75) is 39.8 Å². The van der Waals surface area contributed by atoms with Gasteiger partial charge in [-0.1, -0.05) is 18.2 Å². The predicted octanol–water partition coefficient (Wildman–Crippen LogP) is 1.63. The maximum absolute atomic E-state index is 6.11. The number of anilines is 1. The molecule has 0 saturated carbocycles. The van der Waals surface area contributed by atoms with Crippen LogP contribution in [0.2, 0.25) is 0 Å². The summed E-state index contributed by atoms with van der Waals surface area (Å²) in [6.07, 6.45) is 0. The van der Waals surface area contributed by atoms with Crippen LogP contribution in [0.4, 0.5) is 5.69 Å². The Kier molecular flexibility index (Phi) is 4.49. The lowest BCUT2D eigenvalue weighted by atomic mass is 10.1. The molecule has 2 rings (SSSR count). The first-order valence-electron chi connectivity index (χ1n) is 7.13. The molecule has 1 aromatic carbocycles. The van der Waals surface area contributed by atoms with E-state index < -0.39 is 0 Å². The second-order valence-electron chi connectivity index (χ2n) is 5.72. The third-order valence-corrected chi connectivity index (χ3v) is 3.64. The van der Waals surface area contributed by atoms with Gasteiger partial charge in [0.25, 0.3) is 0 Å². The molecule has 1 saturated heterocycles. The second-order valence-corrected chi connectivity index (χ2v) is 5.72. The second kappa shape index (κ2) is 6.13. The van der Waals surface area contributed by atoms with Gasteiger partial charge in [0.15, 0.2) is 0 Å². The normalized spacial score (nSPS) is 23.8. The van der Waals surface area contributed by atoms with Crippen molar-refractivity contribution in [3.05, 3.63) is 29.3 Å². The van der Waals surface area contributed by atoms with Crippen molar-refractivity contribution in [1.29, 1.82) is 0 Å². The maximum atomic E-state index is 6.11. The average Bonchev–Trinajstić information content (AvgIpc) is 2.36. The van der Waals surface area contributed by atoms with Crippen LogP contribution in [0.1, 0.15) is 25.0 Å². The third kappa shape index (κ3) is 3.42. The van der Waals surface area contributed by atoms with Gasteiger partial charge in [0.05, 0.1) is 5.69 Å². The molecule has 20 heavy (non-hydrogen) atoms. The maximum Gasteiger partial charge on any atom is 0.214 e. The van der Waals surface area contributed by atoms with E-state index in [1.54, 1.807) is 0 Å². The monoisotopic (exact) mass is 275 g/mol. The fourth-order valence-corrected chi connectivity index (χ4v) is 2.69. The highest BCUT2D eigenvalue weighted by Gasteiger charge is 2.22. The first-order chi connectivity index (χ1) is 9.47. The highest BCUT2D eigenvalue weighted by atomic mass is 15.4. The van der Waals surface area contributed by atoms with Gasteiger partial charge in [0, 0.05) is 25.2 Å². The van der Waals surface area contributed by atoms with Crippen LogP contribution in [0.25, 0.3) is 0 Å². The molecule has 4 N–H and O–H groups in total. The third-order valence-electron chi connectivity index (χ3n) is 3.64. The van der Waals surface area contributed by atoms with Crippen LogP contribution in [0, 0.1) is 13.8 Å². The van der Waals surface area contributed by atoms with Crippen molar-refractivity contribution in [3.8, 4) is 0 Å². The SMILES string of the molecule is Cc1cccc(C)c1N/N=C(\N)N1CC(C)NC(C)C1. The van der Waals surface area contributed by atoms with Crippen LogP contribution in [-0.4, -0.2) is 36.0 Å². The molecule has 1 heterocycles. The molecule has 5 nitrogen and oxygen atoms in total. The molecule has 0 bridgehead atoms. The molecule has 2 unspecified atom stereocenters. The quantitative estimate of drug-likeness (QED) is 0.436. The Balaban J connectivity index is 2.07. The number of nitrogens with zero attached hydrogens (tertiary/aromatic N) is 2. The van der Waals surface area contributed by atoms with Crippen molar-refractivity contribution in [2.75, 3.05) is 18.5 Å². The molecule has 1 aliphatic heterocycles. The molecule has 0 amide bonds. The van der Waals surface area contributed by atoms with Gasteiger partial charge < -0.3 is 16.0 Å². The molecule has 0 aromatic heterocycles. The minimum absolute atomic E-state index is 0.424.